The van der Waals surface area contributed by atoms with E-state index in [1.165, 1.54) is 0 Å². The van der Waals surface area contributed by atoms with Crippen molar-refractivity contribution in [2.24, 2.45) is 4.99 Å². The molecule has 0 radical (unpaired) electrons. The topological polar surface area (TPSA) is 164 Å². The number of aliphatic imine (C=N–C) groups is 1. The molecule has 3 aliphatic rings. The number of ether oxygens (including phenoxy) is 3. The van der Waals surface area contributed by atoms with Crippen LogP contribution in [0.25, 0.3) is 10.9 Å². The summed E-state index contributed by atoms with van der Waals surface area (Å²) in [4.78, 5) is 27.2. The highest BCUT2D eigenvalue weighted by atomic mass is 16.8. The van der Waals surface area contributed by atoms with Crippen LogP contribution in [0, 0.1) is 0 Å². The Morgan fingerprint density at radius 3 is 2.39 bits per heavy atom. The highest BCUT2D eigenvalue weighted by molar-refractivity contribution is 6.22. The fourth-order valence-electron chi connectivity index (χ4n) is 6.61. The van der Waals surface area contributed by atoms with Gasteiger partial charge < -0.3 is 49.4 Å². The fraction of sp³-hybridized carbons (Fsp3) is 0.389. The molecule has 13 heteroatoms. The molecule has 4 heterocycles. The van der Waals surface area contributed by atoms with Gasteiger partial charge in [-0.3, -0.25) is 9.69 Å². The van der Waals surface area contributed by atoms with Gasteiger partial charge >= 0.3 is 0 Å². The number of H-pyrrole nitrogens is 1. The maximum Gasteiger partial charge on any atom is 0.240 e. The van der Waals surface area contributed by atoms with Crippen molar-refractivity contribution in [3.8, 4) is 5.88 Å². The summed E-state index contributed by atoms with van der Waals surface area (Å²) in [5, 5.41) is 42.4. The first kappa shape index (κ1) is 33.3. The lowest BCUT2D eigenvalue weighted by Gasteiger charge is -2.36. The van der Waals surface area contributed by atoms with Crippen LogP contribution >= 0.6 is 0 Å². The Labute approximate surface area is 283 Å². The number of amides is 1. The van der Waals surface area contributed by atoms with Gasteiger partial charge in [0.2, 0.25) is 5.91 Å². The predicted octanol–water partition coefficient (Wildman–Crippen LogP) is 2.11. The predicted molar refractivity (Wildman–Crippen MR) is 182 cm³/mol. The molecule has 3 aromatic carbocycles. The van der Waals surface area contributed by atoms with E-state index in [9.17, 15) is 25.2 Å². The van der Waals surface area contributed by atoms with Gasteiger partial charge in [0.25, 0.3) is 0 Å². The highest BCUT2D eigenvalue weighted by Gasteiger charge is 2.52. The van der Waals surface area contributed by atoms with Gasteiger partial charge in [0.1, 0.15) is 24.4 Å². The number of carbonyl (C=O) groups is 1. The van der Waals surface area contributed by atoms with E-state index in [0.717, 1.165) is 37.4 Å². The maximum atomic E-state index is 13.0. The number of piperazine rings is 1. The molecule has 6 atom stereocenters. The number of nitrogens with zero attached hydrogens (tertiary/aromatic N) is 4. The number of aliphatic hydroxyl groups excluding tert-OH is 3. The molecule has 258 valence electrons. The molecule has 3 unspecified atom stereocenters. The third kappa shape index (κ3) is 6.72. The first-order chi connectivity index (χ1) is 23.7. The van der Waals surface area contributed by atoms with E-state index in [-0.39, 0.29) is 11.8 Å². The molecular formula is C36H41N5O8. The third-order valence-electron chi connectivity index (χ3n) is 9.54. The average molecular weight is 672 g/mol. The number of aromatic nitrogens is 1. The Kier molecular flexibility index (Phi) is 9.50. The zero-order valence-corrected chi connectivity index (χ0v) is 27.3. The summed E-state index contributed by atoms with van der Waals surface area (Å²) in [7, 11) is 3.87. The van der Waals surface area contributed by atoms with Crippen molar-refractivity contribution in [1.29, 1.82) is 0 Å². The van der Waals surface area contributed by atoms with Crippen LogP contribution in [0.1, 0.15) is 23.0 Å². The van der Waals surface area contributed by atoms with Gasteiger partial charge in [-0.2, -0.15) is 0 Å². The van der Waals surface area contributed by atoms with Crippen molar-refractivity contribution in [3.63, 3.8) is 0 Å². The Balaban J connectivity index is 1.15. The second-order valence-corrected chi connectivity index (χ2v) is 12.8. The monoisotopic (exact) mass is 671 g/mol. The summed E-state index contributed by atoms with van der Waals surface area (Å²) in [6.45, 7) is 3.52. The lowest BCUT2D eigenvalue weighted by molar-refractivity contribution is -0.262. The molecule has 0 saturated carbocycles. The number of anilines is 1. The Morgan fingerprint density at radius 2 is 1.67 bits per heavy atom. The molecule has 49 heavy (non-hydrogen) atoms. The number of carbonyl (C=O) groups excluding carboxylic acids is 1. The summed E-state index contributed by atoms with van der Waals surface area (Å²) >= 11 is 0. The maximum absolute atomic E-state index is 13.0. The normalized spacial score (nSPS) is 26.6. The second kappa shape index (κ2) is 14.0. The molecule has 0 aliphatic carbocycles. The number of likely N-dealkylation sites (N-methyl/N-ethyl adjacent to an activating group) is 2. The van der Waals surface area contributed by atoms with Crippen molar-refractivity contribution in [3.05, 3.63) is 89.5 Å². The number of aliphatic hydroxyl groups is 3. The van der Waals surface area contributed by atoms with Gasteiger partial charge in [-0.15, -0.1) is 0 Å². The molecule has 0 spiro atoms. The SMILES string of the molecule is CN1CCN(CC(=O)N(C)c2ccc(N=C(c3ccccc3)c3c(O)[nH]c4cc(C5OC6[C@H](O5)C(O)O[C@H](CO)[C@H]6O)ccc34)cc2)CC1. The third-order valence-corrected chi connectivity index (χ3v) is 9.54. The summed E-state index contributed by atoms with van der Waals surface area (Å²) in [6.07, 6.45) is -6.31. The van der Waals surface area contributed by atoms with E-state index in [1.54, 1.807) is 24.1 Å². The Bertz CT molecular complexity index is 1810. The van der Waals surface area contributed by atoms with Crippen LogP contribution in [0.15, 0.2) is 77.8 Å². The fourth-order valence-corrected chi connectivity index (χ4v) is 6.61. The number of benzene rings is 3. The molecule has 4 aromatic rings. The van der Waals surface area contributed by atoms with Crippen LogP contribution in [0.3, 0.4) is 0 Å². The van der Waals surface area contributed by atoms with Gasteiger partial charge in [0.15, 0.2) is 18.5 Å². The molecule has 7 rings (SSSR count). The Morgan fingerprint density at radius 1 is 0.959 bits per heavy atom. The number of fused-ring (bicyclic) bond motifs is 2. The van der Waals surface area contributed by atoms with Crippen LogP contribution in [0.5, 0.6) is 5.88 Å². The second-order valence-electron chi connectivity index (χ2n) is 12.8. The van der Waals surface area contributed by atoms with E-state index in [0.29, 0.717) is 40.0 Å². The number of hydrogen-bond acceptors (Lipinski definition) is 11. The minimum atomic E-state index is -1.37. The summed E-state index contributed by atoms with van der Waals surface area (Å²) in [5.41, 5.74) is 4.43. The molecule has 1 aromatic heterocycles. The van der Waals surface area contributed by atoms with Crippen molar-refractivity contribution >= 4 is 33.9 Å². The van der Waals surface area contributed by atoms with Crippen molar-refractivity contribution in [2.45, 2.75) is 37.0 Å². The first-order valence-corrected chi connectivity index (χ1v) is 16.4. The van der Waals surface area contributed by atoms with Crippen molar-refractivity contribution in [1.82, 2.24) is 14.8 Å². The van der Waals surface area contributed by atoms with Gasteiger partial charge in [-0.25, -0.2) is 4.99 Å². The van der Waals surface area contributed by atoms with Gasteiger partial charge in [-0.05, 0) is 37.4 Å². The van der Waals surface area contributed by atoms with Crippen LogP contribution in [0.2, 0.25) is 0 Å². The molecular weight excluding hydrogens is 630 g/mol. The zero-order valence-electron chi connectivity index (χ0n) is 27.3. The highest BCUT2D eigenvalue weighted by Crippen LogP contribution is 2.40. The first-order valence-electron chi connectivity index (χ1n) is 16.4. The van der Waals surface area contributed by atoms with Gasteiger partial charge in [0, 0.05) is 60.9 Å². The molecule has 3 fully saturated rings. The standard InChI is InChI=1S/C36H41N5O8/c1-39-14-16-41(17-15-39)19-28(43)40(2)24-11-9-23(10-12-24)37-30(21-6-4-3-5-7-21)29-25-13-8-22(18-26(25)38-34(29)45)36-48-32-31(44)27(20-42)47-35(46)33(32)49-36/h3-13,18,27,31-33,35-36,38,42,44-46H,14-17,19-20H2,1-2H3/t27-,31-,32?,33+,35?,36?/m1/s1. The summed E-state index contributed by atoms with van der Waals surface area (Å²) in [5.74, 6) is -0.0522. The molecule has 3 saturated heterocycles. The number of rotatable bonds is 8. The number of nitrogens with one attached hydrogen (secondary N) is 1. The zero-order chi connectivity index (χ0) is 34.2. The largest absolute Gasteiger partial charge is 0.494 e. The van der Waals surface area contributed by atoms with Crippen LogP contribution in [0.4, 0.5) is 11.4 Å². The van der Waals surface area contributed by atoms with E-state index in [4.69, 9.17) is 19.2 Å². The molecule has 5 N–H and O–H groups in total. The van der Waals surface area contributed by atoms with Crippen LogP contribution < -0.4 is 4.90 Å². The quantitative estimate of drug-likeness (QED) is 0.175. The average Bonchev–Trinajstić information content (AvgIpc) is 3.71. The minimum absolute atomic E-state index is 0.0241. The molecule has 0 bridgehead atoms. The molecule has 13 nitrogen and oxygen atoms in total. The van der Waals surface area contributed by atoms with Crippen LogP contribution in [-0.4, -0.2) is 131 Å². The van der Waals surface area contributed by atoms with E-state index >= 15 is 0 Å². The smallest absolute Gasteiger partial charge is 0.240 e. The molecule has 1 amide bonds. The van der Waals surface area contributed by atoms with Gasteiger partial charge in [0.05, 0.1) is 30.1 Å². The van der Waals surface area contributed by atoms with E-state index < -0.39 is 43.6 Å². The lowest BCUT2D eigenvalue weighted by Crippen LogP contribution is -2.57. The van der Waals surface area contributed by atoms with Crippen LogP contribution in [-0.2, 0) is 19.0 Å². The Hall–Kier alpha value is -4.18. The lowest BCUT2D eigenvalue weighted by atomic mass is 9.99. The van der Waals surface area contributed by atoms with Crippen molar-refractivity contribution in [2.75, 3.05) is 58.3 Å². The number of aromatic hydroxyl groups is 1. The number of aromatic amines is 1. The molecule has 3 aliphatic heterocycles. The number of hydrogen-bond donors (Lipinski definition) is 5. The van der Waals surface area contributed by atoms with Crippen molar-refractivity contribution < 1.29 is 39.4 Å². The minimum Gasteiger partial charge on any atom is -0.494 e. The summed E-state index contributed by atoms with van der Waals surface area (Å²) < 4.78 is 17.2. The van der Waals surface area contributed by atoms with E-state index in [2.05, 4.69) is 21.8 Å². The summed E-state index contributed by atoms with van der Waals surface area (Å²) in [6, 6.07) is 22.4. The van der Waals surface area contributed by atoms with Gasteiger partial charge in [-0.1, -0.05) is 42.5 Å². The van der Waals surface area contributed by atoms with E-state index in [1.807, 2.05) is 60.7 Å².